The van der Waals surface area contributed by atoms with E-state index in [0.29, 0.717) is 13.0 Å². The highest BCUT2D eigenvalue weighted by atomic mass is 16.5. The Morgan fingerprint density at radius 1 is 1.12 bits per heavy atom. The second-order valence-electron chi connectivity index (χ2n) is 5.32. The minimum absolute atomic E-state index is 0.0110. The molecule has 0 radical (unpaired) electrons. The molecule has 0 spiro atoms. The molecule has 1 rings (SSSR count). The lowest BCUT2D eigenvalue weighted by molar-refractivity contribution is -0.143. The summed E-state index contributed by atoms with van der Waals surface area (Å²) in [4.78, 5) is 11.4. The summed E-state index contributed by atoms with van der Waals surface area (Å²) < 4.78 is 5.19. The largest absolute Gasteiger partial charge is 0.466 e. The molecule has 0 amide bonds. The zero-order valence-electron chi connectivity index (χ0n) is 11.4. The fourth-order valence-corrected chi connectivity index (χ4v) is 2.62. The average molecular weight is 240 g/mol. The molecule has 1 aliphatic carbocycles. The van der Waals surface area contributed by atoms with Crippen LogP contribution in [0.15, 0.2) is 0 Å². The van der Waals surface area contributed by atoms with Crippen LogP contribution in [0.4, 0.5) is 0 Å². The molecule has 0 N–H and O–H groups in total. The monoisotopic (exact) mass is 240 g/mol. The van der Waals surface area contributed by atoms with Crippen molar-refractivity contribution in [2.45, 2.75) is 77.6 Å². The maximum atomic E-state index is 11.4. The van der Waals surface area contributed by atoms with E-state index in [-0.39, 0.29) is 5.97 Å². The minimum Gasteiger partial charge on any atom is -0.466 e. The third-order valence-electron chi connectivity index (χ3n) is 3.73. The molecule has 0 aromatic carbocycles. The quantitative estimate of drug-likeness (QED) is 0.462. The van der Waals surface area contributed by atoms with Crippen molar-refractivity contribution in [2.24, 2.45) is 5.92 Å². The molecule has 2 nitrogen and oxygen atoms in total. The third-order valence-corrected chi connectivity index (χ3v) is 3.73. The van der Waals surface area contributed by atoms with Crippen LogP contribution >= 0.6 is 0 Å². The summed E-state index contributed by atoms with van der Waals surface area (Å²) in [5.74, 6) is 0.897. The van der Waals surface area contributed by atoms with Crippen LogP contribution in [-0.4, -0.2) is 12.6 Å². The summed E-state index contributed by atoms with van der Waals surface area (Å²) in [6, 6.07) is 0. The number of hydrogen-bond donors (Lipinski definition) is 0. The van der Waals surface area contributed by atoms with Crippen LogP contribution in [0.2, 0.25) is 0 Å². The van der Waals surface area contributed by atoms with E-state index in [9.17, 15) is 4.79 Å². The number of esters is 1. The third kappa shape index (κ3) is 7.40. The summed E-state index contributed by atoms with van der Waals surface area (Å²) >= 11 is 0. The molecule has 0 unspecified atom stereocenters. The molecule has 1 aliphatic rings. The van der Waals surface area contributed by atoms with E-state index in [2.05, 4.69) is 6.92 Å². The van der Waals surface area contributed by atoms with E-state index < -0.39 is 0 Å². The second-order valence-corrected chi connectivity index (χ2v) is 5.32. The average Bonchev–Trinajstić information content (AvgIpc) is 2.36. The van der Waals surface area contributed by atoms with Gasteiger partial charge < -0.3 is 4.74 Å². The van der Waals surface area contributed by atoms with Crippen molar-refractivity contribution < 1.29 is 9.53 Å². The number of ether oxygens (including phenoxy) is 1. The molecule has 1 saturated carbocycles. The maximum absolute atomic E-state index is 11.4. The number of rotatable bonds is 8. The number of hydrogen-bond acceptors (Lipinski definition) is 2. The summed E-state index contributed by atoms with van der Waals surface area (Å²) in [5, 5.41) is 0. The fraction of sp³-hybridized carbons (Fsp3) is 0.933. The highest BCUT2D eigenvalue weighted by Gasteiger charge is 2.13. The van der Waals surface area contributed by atoms with Gasteiger partial charge in [-0.2, -0.15) is 0 Å². The lowest BCUT2D eigenvalue weighted by Crippen LogP contribution is -2.09. The first kappa shape index (κ1) is 14.5. The van der Waals surface area contributed by atoms with E-state index in [1.165, 1.54) is 44.9 Å². The van der Waals surface area contributed by atoms with Crippen molar-refractivity contribution >= 4 is 5.97 Å². The van der Waals surface area contributed by atoms with Crippen LogP contribution in [0.5, 0.6) is 0 Å². The normalized spacial score (nSPS) is 17.0. The van der Waals surface area contributed by atoms with Crippen molar-refractivity contribution in [3.8, 4) is 0 Å². The molecule has 0 saturated heterocycles. The van der Waals surface area contributed by atoms with Crippen molar-refractivity contribution in [3.63, 3.8) is 0 Å². The van der Waals surface area contributed by atoms with E-state index in [0.717, 1.165) is 25.2 Å². The van der Waals surface area contributed by atoms with Crippen molar-refractivity contribution in [1.29, 1.82) is 0 Å². The standard InChI is InChI=1S/C15H28O2/c1-2-3-7-13-17-15(16)12-8-11-14-9-5-4-6-10-14/h14H,2-13H2,1H3. The molecule has 1 fully saturated rings. The van der Waals surface area contributed by atoms with E-state index in [1.54, 1.807) is 0 Å². The van der Waals surface area contributed by atoms with Gasteiger partial charge >= 0.3 is 5.97 Å². The Bertz CT molecular complexity index is 195. The van der Waals surface area contributed by atoms with Gasteiger partial charge in [0.15, 0.2) is 0 Å². The van der Waals surface area contributed by atoms with E-state index in [4.69, 9.17) is 4.74 Å². The lowest BCUT2D eigenvalue weighted by Gasteiger charge is -2.20. The Kier molecular flexibility index (Phi) is 8.12. The van der Waals surface area contributed by atoms with Gasteiger partial charge in [0, 0.05) is 6.42 Å². The summed E-state index contributed by atoms with van der Waals surface area (Å²) in [5.41, 5.74) is 0. The minimum atomic E-state index is 0.0110. The molecule has 0 aromatic heterocycles. The molecular formula is C15H28O2. The molecule has 17 heavy (non-hydrogen) atoms. The van der Waals surface area contributed by atoms with Gasteiger partial charge in [-0.25, -0.2) is 0 Å². The topological polar surface area (TPSA) is 26.3 Å². The Hall–Kier alpha value is -0.530. The number of carbonyl (C=O) groups is 1. The van der Waals surface area contributed by atoms with Gasteiger partial charge in [0.1, 0.15) is 0 Å². The highest BCUT2D eigenvalue weighted by molar-refractivity contribution is 5.69. The fourth-order valence-electron chi connectivity index (χ4n) is 2.62. The molecule has 2 heteroatoms. The van der Waals surface area contributed by atoms with Gasteiger partial charge in [-0.05, 0) is 25.2 Å². The molecule has 0 atom stereocenters. The van der Waals surface area contributed by atoms with Crippen molar-refractivity contribution in [1.82, 2.24) is 0 Å². The van der Waals surface area contributed by atoms with Crippen LogP contribution in [-0.2, 0) is 9.53 Å². The van der Waals surface area contributed by atoms with Crippen LogP contribution in [0.1, 0.15) is 77.6 Å². The lowest BCUT2D eigenvalue weighted by atomic mass is 9.86. The zero-order chi connectivity index (χ0) is 12.3. The van der Waals surface area contributed by atoms with Gasteiger partial charge in [0.2, 0.25) is 0 Å². The summed E-state index contributed by atoms with van der Waals surface area (Å²) in [6.45, 7) is 2.78. The Morgan fingerprint density at radius 3 is 2.59 bits per heavy atom. The molecular weight excluding hydrogens is 212 g/mol. The van der Waals surface area contributed by atoms with Crippen molar-refractivity contribution in [3.05, 3.63) is 0 Å². The van der Waals surface area contributed by atoms with Crippen LogP contribution in [0.25, 0.3) is 0 Å². The van der Waals surface area contributed by atoms with Crippen molar-refractivity contribution in [2.75, 3.05) is 6.61 Å². The van der Waals surface area contributed by atoms with Gasteiger partial charge in [0.25, 0.3) is 0 Å². The SMILES string of the molecule is CCCCCOC(=O)CCCC1CCCCC1. The molecule has 0 heterocycles. The first-order chi connectivity index (χ1) is 8.33. The van der Waals surface area contributed by atoms with Gasteiger partial charge in [0.05, 0.1) is 6.61 Å². The summed E-state index contributed by atoms with van der Waals surface area (Å²) in [6.07, 6.45) is 13.2. The summed E-state index contributed by atoms with van der Waals surface area (Å²) in [7, 11) is 0. The highest BCUT2D eigenvalue weighted by Crippen LogP contribution is 2.27. The zero-order valence-corrected chi connectivity index (χ0v) is 11.4. The first-order valence-electron chi connectivity index (χ1n) is 7.48. The van der Waals surface area contributed by atoms with Gasteiger partial charge in [-0.3, -0.25) is 4.79 Å². The first-order valence-corrected chi connectivity index (χ1v) is 7.48. The predicted octanol–water partition coefficient (Wildman–Crippen LogP) is 4.47. The Morgan fingerprint density at radius 2 is 1.88 bits per heavy atom. The smallest absolute Gasteiger partial charge is 0.305 e. The van der Waals surface area contributed by atoms with Crippen LogP contribution in [0.3, 0.4) is 0 Å². The van der Waals surface area contributed by atoms with E-state index in [1.807, 2.05) is 0 Å². The molecule has 0 aromatic rings. The van der Waals surface area contributed by atoms with Crippen LogP contribution < -0.4 is 0 Å². The Labute approximate surface area is 106 Å². The number of carbonyl (C=O) groups excluding carboxylic acids is 1. The van der Waals surface area contributed by atoms with Crippen LogP contribution in [0, 0.1) is 5.92 Å². The molecule has 0 bridgehead atoms. The Balaban J connectivity index is 1.92. The number of unbranched alkanes of at least 4 members (excludes halogenated alkanes) is 2. The van der Waals surface area contributed by atoms with Gasteiger partial charge in [-0.1, -0.05) is 51.9 Å². The van der Waals surface area contributed by atoms with E-state index >= 15 is 0 Å². The molecule has 100 valence electrons. The second kappa shape index (κ2) is 9.49. The maximum Gasteiger partial charge on any atom is 0.305 e. The molecule has 0 aliphatic heterocycles. The predicted molar refractivity (Wildman–Crippen MR) is 70.9 cm³/mol. The van der Waals surface area contributed by atoms with Gasteiger partial charge in [-0.15, -0.1) is 0 Å².